The van der Waals surface area contributed by atoms with Gasteiger partial charge in [0.25, 0.3) is 0 Å². The highest BCUT2D eigenvalue weighted by molar-refractivity contribution is 6.19. The Morgan fingerprint density at radius 3 is 1.95 bits per heavy atom. The molecule has 1 rings (SSSR count). The molecular formula is C16H21NO4. The van der Waals surface area contributed by atoms with Gasteiger partial charge in [0.15, 0.2) is 0 Å². The predicted molar refractivity (Wildman–Crippen MR) is 82.0 cm³/mol. The molecule has 4 N–H and O–H groups in total. The van der Waals surface area contributed by atoms with Gasteiger partial charge in [-0.25, -0.2) is 9.59 Å². The molecule has 0 bridgehead atoms. The van der Waals surface area contributed by atoms with Crippen LogP contribution in [0, 0.1) is 5.92 Å². The second kappa shape index (κ2) is 6.43. The Bertz CT molecular complexity index is 584. The van der Waals surface area contributed by atoms with E-state index in [1.807, 2.05) is 13.8 Å². The Morgan fingerprint density at radius 1 is 1.05 bits per heavy atom. The summed E-state index contributed by atoms with van der Waals surface area (Å²) in [7, 11) is 0. The predicted octanol–water partition coefficient (Wildman–Crippen LogP) is 2.97. The van der Waals surface area contributed by atoms with Crippen LogP contribution in [0.5, 0.6) is 0 Å². The molecule has 1 aromatic carbocycles. The van der Waals surface area contributed by atoms with Crippen molar-refractivity contribution in [2.24, 2.45) is 5.92 Å². The molecule has 21 heavy (non-hydrogen) atoms. The van der Waals surface area contributed by atoms with Crippen molar-refractivity contribution < 1.29 is 19.8 Å². The lowest BCUT2D eigenvalue weighted by molar-refractivity contribution is -0.140. The fraction of sp³-hybridized carbons (Fsp3) is 0.375. The molecule has 0 aliphatic carbocycles. The van der Waals surface area contributed by atoms with Gasteiger partial charge in [0, 0.05) is 5.69 Å². The first kappa shape index (κ1) is 16.8. The fourth-order valence-corrected chi connectivity index (χ4v) is 2.36. The standard InChI is InChI=1S/C16H21NO4/c1-8(2)12-7-10(17)5-6-11(12)13(9(3)4)14(15(18)19)16(20)21/h5-9H,17H2,1-4H3,(H,18,19)(H,20,21). The van der Waals surface area contributed by atoms with Gasteiger partial charge in [0.1, 0.15) is 5.57 Å². The molecule has 0 aliphatic rings. The Balaban J connectivity index is 3.76. The summed E-state index contributed by atoms with van der Waals surface area (Å²) in [5, 5.41) is 18.5. The van der Waals surface area contributed by atoms with Crippen molar-refractivity contribution in [3.8, 4) is 0 Å². The zero-order chi connectivity index (χ0) is 16.3. The van der Waals surface area contributed by atoms with E-state index in [4.69, 9.17) is 5.73 Å². The molecule has 5 nitrogen and oxygen atoms in total. The topological polar surface area (TPSA) is 101 Å². The molecule has 0 aromatic heterocycles. The highest BCUT2D eigenvalue weighted by Gasteiger charge is 2.26. The second-order valence-electron chi connectivity index (χ2n) is 5.56. The molecule has 0 aliphatic heterocycles. The minimum atomic E-state index is -1.43. The van der Waals surface area contributed by atoms with Crippen LogP contribution >= 0.6 is 0 Å². The number of allylic oxidation sites excluding steroid dienone is 1. The van der Waals surface area contributed by atoms with E-state index in [0.29, 0.717) is 16.8 Å². The molecule has 0 atom stereocenters. The number of carboxylic acids is 2. The lowest BCUT2D eigenvalue weighted by Crippen LogP contribution is -2.17. The highest BCUT2D eigenvalue weighted by Crippen LogP contribution is 2.34. The molecule has 0 saturated heterocycles. The molecule has 0 amide bonds. The van der Waals surface area contributed by atoms with Crippen LogP contribution in [0.25, 0.3) is 5.57 Å². The summed E-state index contributed by atoms with van der Waals surface area (Å²) in [6, 6.07) is 5.13. The first-order valence-corrected chi connectivity index (χ1v) is 6.77. The van der Waals surface area contributed by atoms with E-state index in [2.05, 4.69) is 0 Å². The van der Waals surface area contributed by atoms with Crippen LogP contribution in [0.15, 0.2) is 23.8 Å². The summed E-state index contributed by atoms with van der Waals surface area (Å²) in [4.78, 5) is 22.7. The molecule has 0 radical (unpaired) electrons. The second-order valence-corrected chi connectivity index (χ2v) is 5.56. The Kier molecular flexibility index (Phi) is 5.13. The lowest BCUT2D eigenvalue weighted by Gasteiger charge is -2.20. The van der Waals surface area contributed by atoms with Gasteiger partial charge in [0.2, 0.25) is 0 Å². The molecule has 5 heteroatoms. The lowest BCUT2D eigenvalue weighted by atomic mass is 9.84. The van der Waals surface area contributed by atoms with Crippen molar-refractivity contribution in [1.29, 1.82) is 0 Å². The largest absolute Gasteiger partial charge is 0.477 e. The van der Waals surface area contributed by atoms with Crippen molar-refractivity contribution >= 4 is 23.2 Å². The van der Waals surface area contributed by atoms with Gasteiger partial charge in [-0.3, -0.25) is 0 Å². The minimum absolute atomic E-state index is 0.0982. The van der Waals surface area contributed by atoms with E-state index in [-0.39, 0.29) is 11.8 Å². The zero-order valence-corrected chi connectivity index (χ0v) is 12.7. The number of carboxylic acid groups (broad SMARTS) is 2. The third kappa shape index (κ3) is 3.62. The quantitative estimate of drug-likeness (QED) is 0.335. The van der Waals surface area contributed by atoms with E-state index in [0.717, 1.165) is 5.56 Å². The SMILES string of the molecule is CC(C)C(=C(C(=O)O)C(=O)O)c1ccc(N)cc1C(C)C. The summed E-state index contributed by atoms with van der Waals surface area (Å²) in [5.41, 5.74) is 7.57. The Morgan fingerprint density at radius 2 is 1.57 bits per heavy atom. The van der Waals surface area contributed by atoms with Gasteiger partial charge in [-0.2, -0.15) is 0 Å². The van der Waals surface area contributed by atoms with Gasteiger partial charge in [-0.1, -0.05) is 33.8 Å². The summed E-state index contributed by atoms with van der Waals surface area (Å²) in [5.74, 6) is -3.01. The van der Waals surface area contributed by atoms with Gasteiger partial charge >= 0.3 is 11.9 Å². The number of aliphatic carboxylic acids is 2. The maximum absolute atomic E-state index is 11.3. The smallest absolute Gasteiger partial charge is 0.343 e. The normalized spacial score (nSPS) is 10.8. The molecule has 0 fully saturated rings. The highest BCUT2D eigenvalue weighted by atomic mass is 16.4. The van der Waals surface area contributed by atoms with Crippen LogP contribution in [0.4, 0.5) is 5.69 Å². The van der Waals surface area contributed by atoms with Crippen LogP contribution in [0.3, 0.4) is 0 Å². The van der Waals surface area contributed by atoms with Crippen molar-refractivity contribution in [2.45, 2.75) is 33.6 Å². The van der Waals surface area contributed by atoms with Crippen LogP contribution in [-0.4, -0.2) is 22.2 Å². The average molecular weight is 291 g/mol. The molecule has 0 spiro atoms. The maximum Gasteiger partial charge on any atom is 0.343 e. The number of rotatable bonds is 5. The molecular weight excluding hydrogens is 270 g/mol. The third-order valence-electron chi connectivity index (χ3n) is 3.26. The molecule has 0 saturated carbocycles. The van der Waals surface area contributed by atoms with E-state index in [9.17, 15) is 19.8 Å². The first-order valence-electron chi connectivity index (χ1n) is 6.77. The average Bonchev–Trinajstić information content (AvgIpc) is 2.34. The Labute approximate surface area is 124 Å². The fourth-order valence-electron chi connectivity index (χ4n) is 2.36. The zero-order valence-electron chi connectivity index (χ0n) is 12.7. The van der Waals surface area contributed by atoms with E-state index >= 15 is 0 Å². The van der Waals surface area contributed by atoms with Crippen LogP contribution < -0.4 is 5.73 Å². The van der Waals surface area contributed by atoms with Crippen molar-refractivity contribution in [3.05, 3.63) is 34.9 Å². The summed E-state index contributed by atoms with van der Waals surface area (Å²) >= 11 is 0. The number of nitrogen functional groups attached to an aromatic ring is 1. The van der Waals surface area contributed by atoms with E-state index in [1.165, 1.54) is 0 Å². The molecule has 1 aromatic rings. The number of hydrogen-bond donors (Lipinski definition) is 3. The number of nitrogens with two attached hydrogens (primary N) is 1. The molecule has 0 heterocycles. The summed E-state index contributed by atoms with van der Waals surface area (Å²) in [6.07, 6.45) is 0. The van der Waals surface area contributed by atoms with Crippen LogP contribution in [-0.2, 0) is 9.59 Å². The molecule has 0 unspecified atom stereocenters. The van der Waals surface area contributed by atoms with E-state index in [1.54, 1.807) is 32.0 Å². The number of benzene rings is 1. The molecule has 114 valence electrons. The van der Waals surface area contributed by atoms with Crippen molar-refractivity contribution in [2.75, 3.05) is 5.73 Å². The van der Waals surface area contributed by atoms with Crippen LogP contribution in [0.1, 0.15) is 44.7 Å². The first-order chi connectivity index (χ1) is 9.66. The van der Waals surface area contributed by atoms with Gasteiger partial charge in [-0.05, 0) is 40.7 Å². The van der Waals surface area contributed by atoms with Gasteiger partial charge < -0.3 is 15.9 Å². The third-order valence-corrected chi connectivity index (χ3v) is 3.26. The van der Waals surface area contributed by atoms with E-state index < -0.39 is 17.5 Å². The van der Waals surface area contributed by atoms with Crippen molar-refractivity contribution in [3.63, 3.8) is 0 Å². The van der Waals surface area contributed by atoms with Crippen molar-refractivity contribution in [1.82, 2.24) is 0 Å². The van der Waals surface area contributed by atoms with Gasteiger partial charge in [0.05, 0.1) is 0 Å². The Hall–Kier alpha value is -2.30. The van der Waals surface area contributed by atoms with Crippen LogP contribution in [0.2, 0.25) is 0 Å². The number of carbonyl (C=O) groups is 2. The number of anilines is 1. The minimum Gasteiger partial charge on any atom is -0.477 e. The number of hydrogen-bond acceptors (Lipinski definition) is 3. The summed E-state index contributed by atoms with van der Waals surface area (Å²) < 4.78 is 0. The summed E-state index contributed by atoms with van der Waals surface area (Å²) in [6.45, 7) is 7.47. The van der Waals surface area contributed by atoms with Gasteiger partial charge in [-0.15, -0.1) is 0 Å². The monoisotopic (exact) mass is 291 g/mol. The maximum atomic E-state index is 11.3.